The van der Waals surface area contributed by atoms with E-state index in [9.17, 15) is 9.59 Å². The second-order valence-corrected chi connectivity index (χ2v) is 10.4. The van der Waals surface area contributed by atoms with E-state index in [1.165, 1.54) is 0 Å². The van der Waals surface area contributed by atoms with Gasteiger partial charge in [0.25, 0.3) is 0 Å². The van der Waals surface area contributed by atoms with Crippen LogP contribution in [0.15, 0.2) is 24.3 Å². The average molecular weight is 447 g/mol. The van der Waals surface area contributed by atoms with Gasteiger partial charge in [0.2, 0.25) is 0 Å². The number of hydrogen-bond donors (Lipinski definition) is 0. The van der Waals surface area contributed by atoms with Crippen molar-refractivity contribution in [2.24, 2.45) is 0 Å². The number of benzene rings is 1. The molecule has 8 heteroatoms. The van der Waals surface area contributed by atoms with Gasteiger partial charge in [-0.1, -0.05) is 0 Å². The number of rotatable bonds is 2. The molecule has 0 spiro atoms. The van der Waals surface area contributed by atoms with Crippen LogP contribution in [0.25, 0.3) is 0 Å². The zero-order valence-electron chi connectivity index (χ0n) is 20.4. The second-order valence-electron chi connectivity index (χ2n) is 10.4. The largest absolute Gasteiger partial charge is 0.444 e. The fourth-order valence-electron chi connectivity index (χ4n) is 3.82. The minimum absolute atomic E-state index is 0.238. The smallest absolute Gasteiger partial charge is 0.410 e. The Hall–Kier alpha value is -2.64. The van der Waals surface area contributed by atoms with E-state index in [-0.39, 0.29) is 12.2 Å². The van der Waals surface area contributed by atoms with Gasteiger partial charge in [-0.25, -0.2) is 9.59 Å². The third kappa shape index (κ3) is 6.68. The summed E-state index contributed by atoms with van der Waals surface area (Å²) in [5.41, 5.74) is 1.38. The highest BCUT2D eigenvalue weighted by atomic mass is 16.6. The number of nitrogens with zero attached hydrogens (tertiary/aromatic N) is 4. The van der Waals surface area contributed by atoms with Crippen LogP contribution in [-0.4, -0.2) is 85.5 Å². The molecule has 1 aromatic carbocycles. The predicted octanol–water partition coefficient (Wildman–Crippen LogP) is 3.80. The van der Waals surface area contributed by atoms with E-state index in [1.54, 1.807) is 9.80 Å². The third-order valence-corrected chi connectivity index (χ3v) is 5.44. The highest BCUT2D eigenvalue weighted by Gasteiger charge is 2.27. The molecule has 0 saturated carbocycles. The Labute approximate surface area is 192 Å². The molecular formula is C24H38N4O4. The SMILES string of the molecule is CC(C)(C)OC(=O)N1CCN(c2ccc(N3CCN(C(=O)OC(C)(C)C)CC3)cc2)CC1. The van der Waals surface area contributed by atoms with Crippen LogP contribution >= 0.6 is 0 Å². The normalized spacial score (nSPS) is 17.9. The molecule has 0 aromatic heterocycles. The molecule has 2 fully saturated rings. The molecule has 0 N–H and O–H groups in total. The van der Waals surface area contributed by atoms with E-state index in [2.05, 4.69) is 34.1 Å². The van der Waals surface area contributed by atoms with E-state index in [0.717, 1.165) is 37.6 Å². The molecule has 3 rings (SSSR count). The summed E-state index contributed by atoms with van der Waals surface area (Å²) in [5, 5.41) is 0. The molecular weight excluding hydrogens is 408 g/mol. The van der Waals surface area contributed by atoms with Crippen LogP contribution in [0.1, 0.15) is 41.5 Å². The quantitative estimate of drug-likeness (QED) is 0.689. The summed E-state index contributed by atoms with van der Waals surface area (Å²) >= 11 is 0. The van der Waals surface area contributed by atoms with Gasteiger partial charge >= 0.3 is 12.2 Å². The van der Waals surface area contributed by atoms with Crippen LogP contribution in [-0.2, 0) is 9.47 Å². The molecule has 0 aliphatic carbocycles. The van der Waals surface area contributed by atoms with E-state index < -0.39 is 11.2 Å². The highest BCUT2D eigenvalue weighted by Crippen LogP contribution is 2.24. The standard InChI is InChI=1S/C24H38N4O4/c1-23(2,3)31-21(29)27-15-11-25(12-16-27)19-7-9-20(10-8-19)26-13-17-28(18-14-26)22(30)32-24(4,5)6/h7-10H,11-18H2,1-6H3. The summed E-state index contributed by atoms with van der Waals surface area (Å²) in [5.74, 6) is 0. The summed E-state index contributed by atoms with van der Waals surface area (Å²) < 4.78 is 11.0. The van der Waals surface area contributed by atoms with Crippen LogP contribution in [0.4, 0.5) is 21.0 Å². The van der Waals surface area contributed by atoms with E-state index >= 15 is 0 Å². The highest BCUT2D eigenvalue weighted by molar-refractivity contribution is 5.69. The van der Waals surface area contributed by atoms with Crippen LogP contribution in [0, 0.1) is 0 Å². The zero-order chi connectivity index (χ0) is 23.5. The van der Waals surface area contributed by atoms with Gasteiger partial charge in [-0.05, 0) is 65.8 Å². The lowest BCUT2D eigenvalue weighted by molar-refractivity contribution is 0.0230. The summed E-state index contributed by atoms with van der Waals surface area (Å²) in [6, 6.07) is 8.55. The maximum absolute atomic E-state index is 12.3. The van der Waals surface area contributed by atoms with Crippen molar-refractivity contribution in [3.63, 3.8) is 0 Å². The van der Waals surface area contributed by atoms with Crippen molar-refractivity contribution in [1.82, 2.24) is 9.80 Å². The Balaban J connectivity index is 1.48. The minimum Gasteiger partial charge on any atom is -0.444 e. The fraction of sp³-hybridized carbons (Fsp3) is 0.667. The summed E-state index contributed by atoms with van der Waals surface area (Å²) in [6.07, 6.45) is -0.476. The first-order chi connectivity index (χ1) is 14.9. The molecule has 0 atom stereocenters. The Bertz CT molecular complexity index is 715. The van der Waals surface area contributed by atoms with Gasteiger partial charge in [0.05, 0.1) is 0 Å². The molecule has 0 unspecified atom stereocenters. The number of carbonyl (C=O) groups excluding carboxylic acids is 2. The van der Waals surface area contributed by atoms with Crippen LogP contribution < -0.4 is 9.80 Å². The molecule has 2 heterocycles. The van der Waals surface area contributed by atoms with Gasteiger partial charge in [-0.15, -0.1) is 0 Å². The summed E-state index contributed by atoms with van der Waals surface area (Å²) in [4.78, 5) is 32.7. The fourth-order valence-corrected chi connectivity index (χ4v) is 3.82. The van der Waals surface area contributed by atoms with Gasteiger partial charge < -0.3 is 29.1 Å². The van der Waals surface area contributed by atoms with Gasteiger partial charge in [-0.3, -0.25) is 0 Å². The maximum atomic E-state index is 12.3. The number of ether oxygens (including phenoxy) is 2. The lowest BCUT2D eigenvalue weighted by Gasteiger charge is -2.38. The van der Waals surface area contributed by atoms with Crippen molar-refractivity contribution < 1.29 is 19.1 Å². The number of amides is 2. The van der Waals surface area contributed by atoms with Crippen LogP contribution in [0.5, 0.6) is 0 Å². The van der Waals surface area contributed by atoms with Crippen molar-refractivity contribution in [2.75, 3.05) is 62.2 Å². The monoisotopic (exact) mass is 446 g/mol. The Morgan fingerprint density at radius 2 is 0.875 bits per heavy atom. The average Bonchev–Trinajstić information content (AvgIpc) is 2.72. The van der Waals surface area contributed by atoms with E-state index in [4.69, 9.17) is 9.47 Å². The van der Waals surface area contributed by atoms with Crippen molar-refractivity contribution >= 4 is 23.6 Å². The first kappa shape index (κ1) is 24.0. The number of piperazine rings is 2. The van der Waals surface area contributed by atoms with Gasteiger partial charge in [0.1, 0.15) is 11.2 Å². The Kier molecular flexibility index (Phi) is 7.10. The second kappa shape index (κ2) is 9.46. The molecule has 0 bridgehead atoms. The minimum atomic E-state index is -0.470. The lowest BCUT2D eigenvalue weighted by Crippen LogP contribution is -2.50. The van der Waals surface area contributed by atoms with Crippen molar-refractivity contribution in [1.29, 1.82) is 0 Å². The molecule has 2 saturated heterocycles. The summed E-state index contributed by atoms with van der Waals surface area (Å²) in [6.45, 7) is 17.1. The molecule has 2 amide bonds. The van der Waals surface area contributed by atoms with Gasteiger partial charge in [-0.2, -0.15) is 0 Å². The number of hydrogen-bond acceptors (Lipinski definition) is 6. The van der Waals surface area contributed by atoms with Crippen LogP contribution in [0.2, 0.25) is 0 Å². The Morgan fingerprint density at radius 1 is 0.594 bits per heavy atom. The molecule has 2 aliphatic heterocycles. The zero-order valence-corrected chi connectivity index (χ0v) is 20.4. The van der Waals surface area contributed by atoms with Gasteiger partial charge in [0.15, 0.2) is 0 Å². The van der Waals surface area contributed by atoms with Gasteiger partial charge in [0, 0.05) is 63.7 Å². The van der Waals surface area contributed by atoms with E-state index in [1.807, 2.05) is 41.5 Å². The van der Waals surface area contributed by atoms with Crippen molar-refractivity contribution in [2.45, 2.75) is 52.7 Å². The molecule has 1 aromatic rings. The first-order valence-electron chi connectivity index (χ1n) is 11.5. The van der Waals surface area contributed by atoms with Crippen molar-refractivity contribution in [3.8, 4) is 0 Å². The number of carbonyl (C=O) groups is 2. The Morgan fingerprint density at radius 3 is 1.12 bits per heavy atom. The maximum Gasteiger partial charge on any atom is 0.410 e. The van der Waals surface area contributed by atoms with Crippen LogP contribution in [0.3, 0.4) is 0 Å². The lowest BCUT2D eigenvalue weighted by atomic mass is 10.2. The molecule has 0 radical (unpaired) electrons. The number of anilines is 2. The topological polar surface area (TPSA) is 65.6 Å². The molecule has 32 heavy (non-hydrogen) atoms. The molecule has 8 nitrogen and oxygen atoms in total. The third-order valence-electron chi connectivity index (χ3n) is 5.44. The molecule has 2 aliphatic rings. The molecule has 178 valence electrons. The van der Waals surface area contributed by atoms with Crippen molar-refractivity contribution in [3.05, 3.63) is 24.3 Å². The predicted molar refractivity (Wildman–Crippen MR) is 126 cm³/mol. The summed E-state index contributed by atoms with van der Waals surface area (Å²) in [7, 11) is 0. The van der Waals surface area contributed by atoms with E-state index in [0.29, 0.717) is 26.2 Å². The first-order valence-corrected chi connectivity index (χ1v) is 11.5.